The molecule has 1 aromatic heterocycles. The Morgan fingerprint density at radius 3 is 2.60 bits per heavy atom. The van der Waals surface area contributed by atoms with Crippen LogP contribution in [-0.2, 0) is 29.1 Å². The van der Waals surface area contributed by atoms with Gasteiger partial charge in [0.05, 0.1) is 36.7 Å². The summed E-state index contributed by atoms with van der Waals surface area (Å²) in [7, 11) is -2.30. The third-order valence-electron chi connectivity index (χ3n) is 12.2. The summed E-state index contributed by atoms with van der Waals surface area (Å²) in [4.78, 5) is 63.0. The first-order chi connectivity index (χ1) is 28.9. The van der Waals surface area contributed by atoms with E-state index >= 15 is 0 Å². The predicted molar refractivity (Wildman–Crippen MR) is 225 cm³/mol. The number of nitrogens with zero attached hydrogens (tertiary/aromatic N) is 2. The molecule has 14 nitrogen and oxygen atoms in total. The lowest BCUT2D eigenvalue weighted by atomic mass is 10.0. The van der Waals surface area contributed by atoms with Gasteiger partial charge in [0.25, 0.3) is 5.91 Å². The number of amides is 4. The fourth-order valence-electron chi connectivity index (χ4n) is 8.50. The third kappa shape index (κ3) is 9.01. The van der Waals surface area contributed by atoms with Gasteiger partial charge in [-0.05, 0) is 63.4 Å². The van der Waals surface area contributed by atoms with Crippen molar-refractivity contribution in [3.05, 3.63) is 72.3 Å². The number of benzene rings is 2. The van der Waals surface area contributed by atoms with Gasteiger partial charge in [0.2, 0.25) is 21.8 Å². The number of pyridine rings is 1. The van der Waals surface area contributed by atoms with Crippen LogP contribution in [0.4, 0.5) is 4.79 Å². The van der Waals surface area contributed by atoms with Crippen molar-refractivity contribution in [3.8, 4) is 22.8 Å². The number of carbonyl (C=O) groups excluding carboxylic acids is 4. The zero-order valence-electron chi connectivity index (χ0n) is 34.1. The summed E-state index contributed by atoms with van der Waals surface area (Å²) >= 11 is 0. The van der Waals surface area contributed by atoms with Crippen LogP contribution in [0.1, 0.15) is 83.1 Å². The molecule has 318 valence electrons. The Kier molecular flexibility index (Phi) is 11.9. The molecule has 60 heavy (non-hydrogen) atoms. The van der Waals surface area contributed by atoms with Crippen molar-refractivity contribution in [1.82, 2.24) is 25.2 Å². The van der Waals surface area contributed by atoms with Gasteiger partial charge in [-0.15, -0.1) is 0 Å². The van der Waals surface area contributed by atoms with Crippen LogP contribution in [0.15, 0.2) is 66.8 Å². The average molecular weight is 840 g/mol. The van der Waals surface area contributed by atoms with E-state index in [4.69, 9.17) is 19.2 Å². The van der Waals surface area contributed by atoms with Crippen molar-refractivity contribution in [2.75, 3.05) is 20.3 Å². The highest BCUT2D eigenvalue weighted by Crippen LogP contribution is 2.46. The van der Waals surface area contributed by atoms with Crippen molar-refractivity contribution >= 4 is 50.8 Å². The zero-order valence-corrected chi connectivity index (χ0v) is 34.9. The van der Waals surface area contributed by atoms with Crippen LogP contribution in [-0.4, -0.2) is 91.4 Å². The molecule has 4 heterocycles. The lowest BCUT2D eigenvalue weighted by molar-refractivity contribution is -0.141. The highest BCUT2D eigenvalue weighted by atomic mass is 32.2. The molecule has 2 aromatic carbocycles. The lowest BCUT2D eigenvalue weighted by Gasteiger charge is -2.29. The van der Waals surface area contributed by atoms with E-state index in [0.29, 0.717) is 60.2 Å². The molecular weight excluding hydrogens is 787 g/mol. The quantitative estimate of drug-likeness (QED) is 0.266. The van der Waals surface area contributed by atoms with E-state index in [1.165, 1.54) is 4.90 Å². The minimum Gasteiger partial charge on any atom is -0.496 e. The highest BCUT2D eigenvalue weighted by molar-refractivity contribution is 7.91. The molecule has 0 radical (unpaired) electrons. The second-order valence-electron chi connectivity index (χ2n) is 16.9. The summed E-state index contributed by atoms with van der Waals surface area (Å²) in [5.74, 6) is -1.16. The number of cyclic esters (lactones) is 1. The van der Waals surface area contributed by atoms with E-state index < -0.39 is 68.7 Å². The van der Waals surface area contributed by atoms with Crippen LogP contribution in [0.5, 0.6) is 11.5 Å². The smallest absolute Gasteiger partial charge is 0.407 e. The van der Waals surface area contributed by atoms with E-state index in [0.717, 1.165) is 36.8 Å². The summed E-state index contributed by atoms with van der Waals surface area (Å²) in [6.07, 6.45) is 12.3. The Labute approximate surface area is 350 Å². The average Bonchev–Trinajstić information content (AvgIpc) is 4.17. The second-order valence-corrected chi connectivity index (χ2v) is 18.8. The Morgan fingerprint density at radius 1 is 1.00 bits per heavy atom. The van der Waals surface area contributed by atoms with Gasteiger partial charge in [-0.1, -0.05) is 74.4 Å². The number of aromatic nitrogens is 1. The van der Waals surface area contributed by atoms with Gasteiger partial charge < -0.3 is 29.7 Å². The second kappa shape index (κ2) is 17.3. The lowest BCUT2D eigenvalue weighted by Crippen LogP contribution is -2.58. The normalized spacial score (nSPS) is 28.9. The molecule has 1 saturated heterocycles. The molecule has 15 heteroatoms. The molecule has 5 aliphatic rings. The first-order valence-electron chi connectivity index (χ1n) is 21.1. The number of hydrogen-bond acceptors (Lipinski definition) is 10. The maximum Gasteiger partial charge on any atom is 0.407 e. The molecule has 3 N–H and O–H groups in total. The minimum absolute atomic E-state index is 0.00678. The van der Waals surface area contributed by atoms with Gasteiger partial charge >= 0.3 is 6.09 Å². The number of allylic oxidation sites excluding steroid dienone is 2. The first-order valence-corrected chi connectivity index (χ1v) is 22.7. The summed E-state index contributed by atoms with van der Waals surface area (Å²) in [5, 5.41) is 5.82. The van der Waals surface area contributed by atoms with Crippen molar-refractivity contribution in [2.45, 2.75) is 107 Å². The summed E-state index contributed by atoms with van der Waals surface area (Å²) in [6.45, 7) is 2.14. The number of alkyl carbamates (subject to hydrolysis) is 1. The molecule has 3 aliphatic heterocycles. The molecule has 2 aliphatic carbocycles. The number of hydrogen-bond donors (Lipinski definition) is 3. The monoisotopic (exact) mass is 839 g/mol. The van der Waals surface area contributed by atoms with Gasteiger partial charge in [-0.3, -0.25) is 19.1 Å². The van der Waals surface area contributed by atoms with E-state index in [2.05, 4.69) is 21.4 Å². The standard InChI is InChI=1S/C45H53N5O9S/c1-28-13-11-12-16-30-21-34-37(24-39(30)57-2)46-36(29-14-7-6-8-15-29)23-40(34)59-32-22-38-41(51)48-45(43(53)49-60(55,56)33-19-20-33)25-31(45)17-9-4-3-5-10-18-35(42(52)50(38)26-32)47-44(54)58-27-28/h6-9,12,14-17,21,23-24,28,31-33,35,38H,3-5,10-11,13,18-20,22,25-27H2,1-2H3,(H,47,54)(H,48,51)(H,49,53)/b16-12+,17-9-/t28-,31-,32-,35+,38+,45-/m1/s1. The number of methoxy groups -OCH3 is 1. The first kappa shape index (κ1) is 41.3. The summed E-state index contributed by atoms with van der Waals surface area (Å²) in [6, 6.07) is 13.3. The molecule has 0 spiro atoms. The van der Waals surface area contributed by atoms with Crippen molar-refractivity contribution < 1.29 is 41.8 Å². The number of fused-ring (bicyclic) bond motifs is 4. The van der Waals surface area contributed by atoms with E-state index in [9.17, 15) is 27.6 Å². The fourth-order valence-corrected chi connectivity index (χ4v) is 9.87. The van der Waals surface area contributed by atoms with E-state index in [-0.39, 0.29) is 31.9 Å². The maximum atomic E-state index is 14.8. The summed E-state index contributed by atoms with van der Waals surface area (Å²) < 4.78 is 46.5. The Morgan fingerprint density at radius 2 is 1.82 bits per heavy atom. The molecule has 3 fully saturated rings. The molecule has 6 atom stereocenters. The molecule has 0 unspecified atom stereocenters. The Hall–Kier alpha value is -5.44. The van der Waals surface area contributed by atoms with Gasteiger partial charge in [0, 0.05) is 41.0 Å². The van der Waals surface area contributed by atoms with Crippen molar-refractivity contribution in [3.63, 3.8) is 0 Å². The molecule has 2 saturated carbocycles. The Balaban J connectivity index is 1.19. The molecule has 4 amide bonds. The maximum absolute atomic E-state index is 14.8. The van der Waals surface area contributed by atoms with Gasteiger partial charge in [-0.25, -0.2) is 18.2 Å². The SMILES string of the molecule is COc1cc2nc(-c3ccccc3)cc3c2cc1/C=C/CC[C@@H](C)COC(=O)N[C@H]1CCCCC/C=C\[C@@H]2C[C@@]2(C(=O)NS(=O)(=O)C2CC2)NC(=O)[C@@H]2C[C@H](CN2C1=O)O3. The molecule has 8 rings (SSSR count). The van der Waals surface area contributed by atoms with Crippen LogP contribution < -0.4 is 24.8 Å². The van der Waals surface area contributed by atoms with Crippen LogP contribution in [0.3, 0.4) is 0 Å². The molecular formula is C45H53N5O9S. The van der Waals surface area contributed by atoms with Gasteiger partial charge in [-0.2, -0.15) is 0 Å². The zero-order chi connectivity index (χ0) is 42.0. The van der Waals surface area contributed by atoms with E-state index in [1.807, 2.05) is 73.7 Å². The number of sulfonamides is 1. The highest BCUT2D eigenvalue weighted by Gasteiger charge is 2.62. The third-order valence-corrected chi connectivity index (χ3v) is 14.1. The van der Waals surface area contributed by atoms with E-state index in [1.54, 1.807) is 7.11 Å². The Bertz CT molecular complexity index is 2310. The van der Waals surface area contributed by atoms with Crippen molar-refractivity contribution in [2.24, 2.45) is 11.8 Å². The minimum atomic E-state index is -3.91. The number of rotatable bonds is 5. The van der Waals surface area contributed by atoms with Crippen LogP contribution in [0.25, 0.3) is 28.2 Å². The van der Waals surface area contributed by atoms with Crippen LogP contribution in [0, 0.1) is 11.8 Å². The predicted octanol–water partition coefficient (Wildman–Crippen LogP) is 5.80. The fraction of sp³-hybridized carbons (Fsp3) is 0.489. The number of carbonyl (C=O) groups is 4. The van der Waals surface area contributed by atoms with Gasteiger partial charge in [0.1, 0.15) is 35.2 Å². The summed E-state index contributed by atoms with van der Waals surface area (Å²) in [5.41, 5.74) is 1.44. The van der Waals surface area contributed by atoms with Crippen LogP contribution >= 0.6 is 0 Å². The topological polar surface area (TPSA) is 182 Å². The largest absolute Gasteiger partial charge is 0.496 e. The van der Waals surface area contributed by atoms with Crippen LogP contribution in [0.2, 0.25) is 0 Å². The molecule has 3 aromatic rings. The number of ether oxygens (including phenoxy) is 3. The number of nitrogens with one attached hydrogen (secondary N) is 3. The van der Waals surface area contributed by atoms with Crippen molar-refractivity contribution in [1.29, 1.82) is 0 Å². The van der Waals surface area contributed by atoms with Gasteiger partial charge in [0.15, 0.2) is 0 Å². The molecule has 5 bridgehead atoms.